The van der Waals surface area contributed by atoms with Gasteiger partial charge in [0.2, 0.25) is 0 Å². The molecule has 1 amide bonds. The molecule has 0 aromatic heterocycles. The maximum absolute atomic E-state index is 12.4. The number of hydrogen-bond acceptors (Lipinski definition) is 4. The van der Waals surface area contributed by atoms with E-state index < -0.39 is 0 Å². The van der Waals surface area contributed by atoms with Crippen LogP contribution in [0, 0.1) is 0 Å². The molecule has 1 N–H and O–H groups in total. The van der Waals surface area contributed by atoms with Crippen LogP contribution in [-0.4, -0.2) is 42.8 Å². The maximum atomic E-state index is 12.4. The number of para-hydroxylation sites is 1. The summed E-state index contributed by atoms with van der Waals surface area (Å²) in [6, 6.07) is 15.9. The van der Waals surface area contributed by atoms with Crippen molar-refractivity contribution < 1.29 is 9.53 Å². The first kappa shape index (κ1) is 17.8. The fraction of sp³-hybridized carbons (Fsp3) is 0.350. The number of amides is 1. The molecule has 3 rings (SSSR count). The van der Waals surface area contributed by atoms with E-state index in [0.29, 0.717) is 6.54 Å². The van der Waals surface area contributed by atoms with Crippen molar-refractivity contribution in [1.82, 2.24) is 10.2 Å². The monoisotopic (exact) mass is 356 g/mol. The SMILES string of the molecule is CSc1ccccc1C(=O)NCCN1Cc2ccccc2OC(C)C1. The zero-order chi connectivity index (χ0) is 17.6. The minimum atomic E-state index is -0.00975. The van der Waals surface area contributed by atoms with Crippen molar-refractivity contribution in [3.63, 3.8) is 0 Å². The molecule has 0 spiro atoms. The van der Waals surface area contributed by atoms with Crippen LogP contribution in [0.25, 0.3) is 0 Å². The van der Waals surface area contributed by atoms with E-state index in [9.17, 15) is 4.79 Å². The van der Waals surface area contributed by atoms with E-state index in [2.05, 4.69) is 23.2 Å². The van der Waals surface area contributed by atoms with Gasteiger partial charge in [-0.3, -0.25) is 9.69 Å². The average Bonchev–Trinajstić information content (AvgIpc) is 2.78. The average molecular weight is 356 g/mol. The van der Waals surface area contributed by atoms with Gasteiger partial charge in [0.25, 0.3) is 5.91 Å². The van der Waals surface area contributed by atoms with E-state index in [1.165, 1.54) is 5.56 Å². The summed E-state index contributed by atoms with van der Waals surface area (Å²) in [6.07, 6.45) is 2.12. The number of nitrogens with one attached hydrogen (secondary N) is 1. The summed E-state index contributed by atoms with van der Waals surface area (Å²) in [4.78, 5) is 15.8. The van der Waals surface area contributed by atoms with Crippen LogP contribution in [0.5, 0.6) is 5.75 Å². The smallest absolute Gasteiger partial charge is 0.252 e. The summed E-state index contributed by atoms with van der Waals surface area (Å²) in [5.74, 6) is 0.958. The molecule has 132 valence electrons. The highest BCUT2D eigenvalue weighted by Gasteiger charge is 2.19. The van der Waals surface area contributed by atoms with E-state index in [-0.39, 0.29) is 12.0 Å². The van der Waals surface area contributed by atoms with Gasteiger partial charge in [-0.25, -0.2) is 0 Å². The lowest BCUT2D eigenvalue weighted by Crippen LogP contribution is -2.37. The fourth-order valence-electron chi connectivity index (χ4n) is 3.10. The molecule has 1 heterocycles. The highest BCUT2D eigenvalue weighted by atomic mass is 32.2. The highest BCUT2D eigenvalue weighted by Crippen LogP contribution is 2.24. The topological polar surface area (TPSA) is 41.6 Å². The Kier molecular flexibility index (Phi) is 6.00. The molecule has 0 saturated carbocycles. The number of nitrogens with zero attached hydrogens (tertiary/aromatic N) is 1. The molecule has 1 aliphatic rings. The van der Waals surface area contributed by atoms with Crippen molar-refractivity contribution in [1.29, 1.82) is 0 Å². The van der Waals surface area contributed by atoms with Crippen molar-refractivity contribution >= 4 is 17.7 Å². The van der Waals surface area contributed by atoms with Gasteiger partial charge in [0, 0.05) is 36.6 Å². The Morgan fingerprint density at radius 3 is 2.84 bits per heavy atom. The van der Waals surface area contributed by atoms with Crippen molar-refractivity contribution in [2.24, 2.45) is 0 Å². The first-order valence-electron chi connectivity index (χ1n) is 8.55. The lowest BCUT2D eigenvalue weighted by Gasteiger charge is -2.22. The van der Waals surface area contributed by atoms with Crippen LogP contribution in [-0.2, 0) is 6.54 Å². The van der Waals surface area contributed by atoms with Crippen LogP contribution in [0.1, 0.15) is 22.8 Å². The quantitative estimate of drug-likeness (QED) is 0.834. The number of ether oxygens (including phenoxy) is 1. The lowest BCUT2D eigenvalue weighted by molar-refractivity contribution is 0.0941. The Labute approximate surface area is 153 Å². The molecule has 1 atom stereocenters. The minimum Gasteiger partial charge on any atom is -0.489 e. The van der Waals surface area contributed by atoms with E-state index in [1.54, 1.807) is 11.8 Å². The normalized spacial score (nSPS) is 17.3. The number of fused-ring (bicyclic) bond motifs is 1. The Morgan fingerprint density at radius 1 is 1.24 bits per heavy atom. The van der Waals surface area contributed by atoms with E-state index in [4.69, 9.17) is 4.74 Å². The second-order valence-corrected chi connectivity index (χ2v) is 7.08. The third-order valence-corrected chi connectivity index (χ3v) is 5.07. The highest BCUT2D eigenvalue weighted by molar-refractivity contribution is 7.98. The zero-order valence-corrected chi connectivity index (χ0v) is 15.5. The molecule has 2 aromatic rings. The number of benzene rings is 2. The van der Waals surface area contributed by atoms with Crippen LogP contribution < -0.4 is 10.1 Å². The van der Waals surface area contributed by atoms with Gasteiger partial charge in [-0.05, 0) is 31.4 Å². The largest absolute Gasteiger partial charge is 0.489 e. The third kappa shape index (κ3) is 4.55. The van der Waals surface area contributed by atoms with E-state index in [0.717, 1.165) is 35.8 Å². The molecule has 1 aliphatic heterocycles. The molecule has 0 radical (unpaired) electrons. The number of rotatable bonds is 5. The first-order chi connectivity index (χ1) is 12.2. The fourth-order valence-corrected chi connectivity index (χ4v) is 3.69. The lowest BCUT2D eigenvalue weighted by atomic mass is 10.2. The molecule has 25 heavy (non-hydrogen) atoms. The van der Waals surface area contributed by atoms with Gasteiger partial charge < -0.3 is 10.1 Å². The minimum absolute atomic E-state index is 0.00975. The molecule has 4 nitrogen and oxygen atoms in total. The Morgan fingerprint density at radius 2 is 2.00 bits per heavy atom. The molecule has 0 saturated heterocycles. The van der Waals surface area contributed by atoms with Crippen LogP contribution in [0.3, 0.4) is 0 Å². The molecule has 0 aliphatic carbocycles. The third-order valence-electron chi connectivity index (χ3n) is 4.28. The number of thioether (sulfide) groups is 1. The van der Waals surface area contributed by atoms with Gasteiger partial charge in [0.1, 0.15) is 11.9 Å². The van der Waals surface area contributed by atoms with Gasteiger partial charge in [-0.1, -0.05) is 30.3 Å². The molecule has 1 unspecified atom stereocenters. The van der Waals surface area contributed by atoms with E-state index >= 15 is 0 Å². The summed E-state index contributed by atoms with van der Waals surface area (Å²) in [5.41, 5.74) is 1.94. The number of hydrogen-bond donors (Lipinski definition) is 1. The van der Waals surface area contributed by atoms with Crippen LogP contribution in [0.2, 0.25) is 0 Å². The summed E-state index contributed by atoms with van der Waals surface area (Å²) in [5, 5.41) is 3.05. The molecule has 0 fully saturated rings. The standard InChI is InChI=1S/C20H24N2O2S/c1-15-13-22(14-16-7-3-5-9-18(16)24-15)12-11-21-20(23)17-8-4-6-10-19(17)25-2/h3-10,15H,11-14H2,1-2H3,(H,21,23). The first-order valence-corrected chi connectivity index (χ1v) is 9.78. The van der Waals surface area contributed by atoms with Crippen LogP contribution in [0.4, 0.5) is 0 Å². The van der Waals surface area contributed by atoms with Crippen molar-refractivity contribution in [3.05, 3.63) is 59.7 Å². The Hall–Kier alpha value is -1.98. The van der Waals surface area contributed by atoms with Gasteiger partial charge in [0.05, 0.1) is 5.56 Å². The maximum Gasteiger partial charge on any atom is 0.252 e. The predicted octanol–water partition coefficient (Wildman–Crippen LogP) is 3.42. The number of carbonyl (C=O) groups excluding carboxylic acids is 1. The summed E-state index contributed by atoms with van der Waals surface area (Å²) >= 11 is 1.59. The van der Waals surface area contributed by atoms with Crippen molar-refractivity contribution in [2.45, 2.75) is 24.5 Å². The van der Waals surface area contributed by atoms with Crippen molar-refractivity contribution in [2.75, 3.05) is 25.9 Å². The molecular formula is C20H24N2O2S. The van der Waals surface area contributed by atoms with Gasteiger partial charge in [-0.15, -0.1) is 11.8 Å². The van der Waals surface area contributed by atoms with E-state index in [1.807, 2.05) is 48.7 Å². The second kappa shape index (κ2) is 8.41. The second-order valence-electron chi connectivity index (χ2n) is 6.23. The van der Waals surface area contributed by atoms with Gasteiger partial charge in [0.15, 0.2) is 0 Å². The molecule has 5 heteroatoms. The Bertz CT molecular complexity index is 735. The molecular weight excluding hydrogens is 332 g/mol. The van der Waals surface area contributed by atoms with Crippen LogP contribution >= 0.6 is 11.8 Å². The van der Waals surface area contributed by atoms with Crippen molar-refractivity contribution in [3.8, 4) is 5.75 Å². The molecule has 0 bridgehead atoms. The van der Waals surface area contributed by atoms with Crippen LogP contribution in [0.15, 0.2) is 53.4 Å². The molecule has 2 aromatic carbocycles. The Balaban J connectivity index is 1.57. The zero-order valence-electron chi connectivity index (χ0n) is 14.7. The van der Waals surface area contributed by atoms with Gasteiger partial charge in [-0.2, -0.15) is 0 Å². The summed E-state index contributed by atoms with van der Waals surface area (Å²) in [6.45, 7) is 5.21. The summed E-state index contributed by atoms with van der Waals surface area (Å²) in [7, 11) is 0. The summed E-state index contributed by atoms with van der Waals surface area (Å²) < 4.78 is 5.98. The van der Waals surface area contributed by atoms with Gasteiger partial charge >= 0.3 is 0 Å². The predicted molar refractivity (Wildman–Crippen MR) is 102 cm³/mol. The number of carbonyl (C=O) groups is 1.